The molecule has 2 aromatic carbocycles. The van der Waals surface area contributed by atoms with Crippen molar-refractivity contribution < 1.29 is 9.53 Å². The van der Waals surface area contributed by atoms with Crippen LogP contribution in [-0.4, -0.2) is 70.3 Å². The van der Waals surface area contributed by atoms with Crippen LogP contribution in [0.15, 0.2) is 48.5 Å². The maximum absolute atomic E-state index is 12.9. The zero-order valence-electron chi connectivity index (χ0n) is 19.3. The van der Waals surface area contributed by atoms with Crippen molar-refractivity contribution >= 4 is 18.1 Å². The van der Waals surface area contributed by atoms with Crippen molar-refractivity contribution in [3.63, 3.8) is 0 Å². The molecular formula is C25H31N5O2S. The Labute approximate surface area is 200 Å². The summed E-state index contributed by atoms with van der Waals surface area (Å²) in [4.78, 5) is 17.3. The number of carbonyl (C=O) groups is 1. The first-order valence-electron chi connectivity index (χ1n) is 11.4. The van der Waals surface area contributed by atoms with Gasteiger partial charge in [0.15, 0.2) is 10.6 Å². The fraction of sp³-hybridized carbons (Fsp3) is 0.400. The van der Waals surface area contributed by atoms with Crippen molar-refractivity contribution in [3.05, 3.63) is 64.4 Å². The van der Waals surface area contributed by atoms with Crippen LogP contribution in [0.5, 0.6) is 5.75 Å². The molecular weight excluding hydrogens is 434 g/mol. The van der Waals surface area contributed by atoms with Crippen molar-refractivity contribution in [2.75, 3.05) is 39.8 Å². The Bertz CT molecular complexity index is 1130. The monoisotopic (exact) mass is 465 g/mol. The maximum atomic E-state index is 12.9. The van der Waals surface area contributed by atoms with E-state index in [1.807, 2.05) is 33.7 Å². The third-order valence-corrected chi connectivity index (χ3v) is 6.50. The van der Waals surface area contributed by atoms with Gasteiger partial charge < -0.3 is 9.64 Å². The number of aryl methyl sites for hydroxylation is 1. The fourth-order valence-corrected chi connectivity index (χ4v) is 4.42. The highest BCUT2D eigenvalue weighted by molar-refractivity contribution is 7.71. The van der Waals surface area contributed by atoms with Gasteiger partial charge in [-0.15, -0.1) is 0 Å². The van der Waals surface area contributed by atoms with E-state index < -0.39 is 0 Å². The molecule has 7 nitrogen and oxygen atoms in total. The summed E-state index contributed by atoms with van der Waals surface area (Å²) in [7, 11) is 1.68. The van der Waals surface area contributed by atoms with Crippen LogP contribution in [0.25, 0.3) is 11.4 Å². The first-order valence-corrected chi connectivity index (χ1v) is 11.8. The highest BCUT2D eigenvalue weighted by Crippen LogP contribution is 2.19. The van der Waals surface area contributed by atoms with E-state index in [4.69, 9.17) is 17.0 Å². The molecule has 3 aromatic rings. The highest BCUT2D eigenvalue weighted by atomic mass is 32.1. The van der Waals surface area contributed by atoms with Gasteiger partial charge in [0, 0.05) is 51.3 Å². The molecule has 1 aliphatic heterocycles. The van der Waals surface area contributed by atoms with E-state index in [0.29, 0.717) is 17.7 Å². The van der Waals surface area contributed by atoms with Gasteiger partial charge in [0.2, 0.25) is 5.91 Å². The molecule has 1 fully saturated rings. The van der Waals surface area contributed by atoms with Gasteiger partial charge in [0.05, 0.1) is 7.11 Å². The standard InChI is InChI=1S/C25H31N5O2S/c1-19-4-3-5-21(18-19)24-26-27-25(33)30(24)13-11-23(31)29-16-14-28(15-17-29)12-10-20-6-8-22(32-2)9-7-20/h3-9,18H,10-17H2,1-2H3,(H,27,33). The molecule has 174 valence electrons. The zero-order chi connectivity index (χ0) is 23.2. The van der Waals surface area contributed by atoms with Gasteiger partial charge in [-0.1, -0.05) is 35.9 Å². The Kier molecular flexibility index (Phi) is 7.57. The van der Waals surface area contributed by atoms with Gasteiger partial charge in [0.1, 0.15) is 5.75 Å². The number of nitrogens with one attached hydrogen (secondary N) is 1. The second-order valence-electron chi connectivity index (χ2n) is 8.44. The molecule has 0 unspecified atom stereocenters. The summed E-state index contributed by atoms with van der Waals surface area (Å²) in [5.41, 5.74) is 3.46. The van der Waals surface area contributed by atoms with Crippen LogP contribution < -0.4 is 4.74 Å². The number of carbonyl (C=O) groups excluding carboxylic acids is 1. The second kappa shape index (κ2) is 10.8. The molecule has 8 heteroatoms. The van der Waals surface area contributed by atoms with Crippen LogP contribution in [0.2, 0.25) is 0 Å². The van der Waals surface area contributed by atoms with Crippen molar-refractivity contribution in [2.45, 2.75) is 26.3 Å². The summed E-state index contributed by atoms with van der Waals surface area (Å²) in [5.74, 6) is 1.83. The number of benzene rings is 2. The van der Waals surface area contributed by atoms with Crippen LogP contribution in [0.4, 0.5) is 0 Å². The molecule has 0 spiro atoms. The van der Waals surface area contributed by atoms with E-state index in [9.17, 15) is 4.79 Å². The van der Waals surface area contributed by atoms with E-state index in [0.717, 1.165) is 61.8 Å². The van der Waals surface area contributed by atoms with Crippen molar-refractivity contribution in [1.82, 2.24) is 24.6 Å². The van der Waals surface area contributed by atoms with E-state index >= 15 is 0 Å². The summed E-state index contributed by atoms with van der Waals surface area (Å²) < 4.78 is 7.69. The van der Waals surface area contributed by atoms with E-state index in [1.54, 1.807) is 7.11 Å². The summed E-state index contributed by atoms with van der Waals surface area (Å²) in [6.45, 7) is 6.91. The number of amides is 1. The summed E-state index contributed by atoms with van der Waals surface area (Å²) in [6, 6.07) is 16.4. The summed E-state index contributed by atoms with van der Waals surface area (Å²) in [6.07, 6.45) is 1.41. The number of nitrogens with zero attached hydrogens (tertiary/aromatic N) is 4. The third-order valence-electron chi connectivity index (χ3n) is 6.18. The summed E-state index contributed by atoms with van der Waals surface area (Å²) in [5, 5.41) is 7.27. The largest absolute Gasteiger partial charge is 0.497 e. The number of ether oxygens (including phenoxy) is 1. The van der Waals surface area contributed by atoms with Crippen molar-refractivity contribution in [3.8, 4) is 17.1 Å². The SMILES string of the molecule is COc1ccc(CCN2CCN(C(=O)CCn3c(-c4cccc(C)c4)n[nH]c3=S)CC2)cc1. The second-order valence-corrected chi connectivity index (χ2v) is 8.83. The molecule has 1 amide bonds. The minimum absolute atomic E-state index is 0.170. The lowest BCUT2D eigenvalue weighted by molar-refractivity contribution is -0.133. The first kappa shape index (κ1) is 23.2. The topological polar surface area (TPSA) is 66.4 Å². The predicted molar refractivity (Wildman–Crippen MR) is 132 cm³/mol. The Morgan fingerprint density at radius 2 is 1.85 bits per heavy atom. The van der Waals surface area contributed by atoms with Gasteiger partial charge in [-0.25, -0.2) is 0 Å². The molecule has 4 rings (SSSR count). The van der Waals surface area contributed by atoms with Crippen LogP contribution in [0.1, 0.15) is 17.5 Å². The van der Waals surface area contributed by atoms with E-state index in [-0.39, 0.29) is 5.91 Å². The molecule has 0 atom stereocenters. The quantitative estimate of drug-likeness (QED) is 0.514. The van der Waals surface area contributed by atoms with Crippen LogP contribution in [0, 0.1) is 11.7 Å². The summed E-state index contributed by atoms with van der Waals surface area (Å²) >= 11 is 5.42. The highest BCUT2D eigenvalue weighted by Gasteiger charge is 2.21. The van der Waals surface area contributed by atoms with Gasteiger partial charge in [-0.05, 0) is 49.3 Å². The Morgan fingerprint density at radius 1 is 1.09 bits per heavy atom. The number of hydrogen-bond acceptors (Lipinski definition) is 5. The number of hydrogen-bond donors (Lipinski definition) is 1. The molecule has 0 saturated carbocycles. The fourth-order valence-electron chi connectivity index (χ4n) is 4.20. The number of H-pyrrole nitrogens is 1. The number of rotatable bonds is 8. The van der Waals surface area contributed by atoms with E-state index in [2.05, 4.69) is 46.3 Å². The van der Waals surface area contributed by atoms with Gasteiger partial charge in [-0.3, -0.25) is 19.4 Å². The van der Waals surface area contributed by atoms with Gasteiger partial charge in [0.25, 0.3) is 0 Å². The van der Waals surface area contributed by atoms with Crippen LogP contribution in [0.3, 0.4) is 0 Å². The minimum atomic E-state index is 0.170. The average Bonchev–Trinajstić information content (AvgIpc) is 3.22. The third kappa shape index (κ3) is 5.89. The van der Waals surface area contributed by atoms with Crippen LogP contribution >= 0.6 is 12.2 Å². The molecule has 2 heterocycles. The van der Waals surface area contributed by atoms with Crippen molar-refractivity contribution in [1.29, 1.82) is 0 Å². The Balaban J connectivity index is 1.26. The Morgan fingerprint density at radius 3 is 2.55 bits per heavy atom. The molecule has 0 radical (unpaired) electrons. The zero-order valence-corrected chi connectivity index (χ0v) is 20.1. The predicted octanol–water partition coefficient (Wildman–Crippen LogP) is 3.70. The lowest BCUT2D eigenvalue weighted by atomic mass is 10.1. The van der Waals surface area contributed by atoms with Gasteiger partial charge in [-0.2, -0.15) is 5.10 Å². The molecule has 0 bridgehead atoms. The smallest absolute Gasteiger partial charge is 0.224 e. The molecule has 1 N–H and O–H groups in total. The van der Waals surface area contributed by atoms with E-state index in [1.165, 1.54) is 5.56 Å². The average molecular weight is 466 g/mol. The molecule has 1 aromatic heterocycles. The molecule has 0 aliphatic carbocycles. The number of piperazine rings is 1. The molecule has 33 heavy (non-hydrogen) atoms. The lowest BCUT2D eigenvalue weighted by Crippen LogP contribution is -2.49. The van der Waals surface area contributed by atoms with Crippen molar-refractivity contribution in [2.24, 2.45) is 0 Å². The molecule has 1 aliphatic rings. The normalized spacial score (nSPS) is 14.4. The minimum Gasteiger partial charge on any atom is -0.497 e. The first-order chi connectivity index (χ1) is 16.0. The lowest BCUT2D eigenvalue weighted by Gasteiger charge is -2.34. The number of aromatic nitrogens is 3. The number of aromatic amines is 1. The van der Waals surface area contributed by atoms with Gasteiger partial charge >= 0.3 is 0 Å². The van der Waals surface area contributed by atoms with Crippen LogP contribution in [-0.2, 0) is 17.8 Å². The Hall–Kier alpha value is -2.97. The maximum Gasteiger partial charge on any atom is 0.224 e. The number of methoxy groups -OCH3 is 1. The molecule has 1 saturated heterocycles.